The van der Waals surface area contributed by atoms with Crippen LogP contribution in [0.25, 0.3) is 0 Å². The fourth-order valence-electron chi connectivity index (χ4n) is 4.28. The quantitative estimate of drug-likeness (QED) is 0.727. The summed E-state index contributed by atoms with van der Waals surface area (Å²) in [6.45, 7) is 6.74. The molecule has 0 aromatic heterocycles. The number of amides is 1. The van der Waals surface area contributed by atoms with Crippen molar-refractivity contribution in [1.82, 2.24) is 10.6 Å². The molecule has 1 aromatic carbocycles. The normalized spacial score (nSPS) is 25.8. The molecule has 1 unspecified atom stereocenters. The molecule has 25 heavy (non-hydrogen) atoms. The van der Waals surface area contributed by atoms with Gasteiger partial charge in [-0.2, -0.15) is 0 Å². The minimum absolute atomic E-state index is 0.247. The molecule has 0 bridgehead atoms. The number of hydrogen-bond donors (Lipinski definition) is 3. The van der Waals surface area contributed by atoms with E-state index >= 15 is 0 Å². The van der Waals surface area contributed by atoms with E-state index in [9.17, 15) is 19.1 Å². The molecule has 0 radical (unpaired) electrons. The predicted molar refractivity (Wildman–Crippen MR) is 91.6 cm³/mol. The van der Waals surface area contributed by atoms with Crippen molar-refractivity contribution in [1.29, 1.82) is 0 Å². The number of carboxylic acid groups (broad SMARTS) is 1. The molecule has 1 fully saturated rings. The number of carboxylic acids is 1. The molecule has 0 aliphatic carbocycles. The third kappa shape index (κ3) is 2.63. The molecule has 3 rings (SSSR count). The van der Waals surface area contributed by atoms with E-state index in [4.69, 9.17) is 0 Å². The summed E-state index contributed by atoms with van der Waals surface area (Å²) in [6, 6.07) is 4.18. The van der Waals surface area contributed by atoms with Gasteiger partial charge >= 0.3 is 5.97 Å². The lowest BCUT2D eigenvalue weighted by atomic mass is 9.68. The van der Waals surface area contributed by atoms with Gasteiger partial charge in [0.1, 0.15) is 5.82 Å². The summed E-state index contributed by atoms with van der Waals surface area (Å²) in [7, 11) is 0. The van der Waals surface area contributed by atoms with Crippen LogP contribution in [0, 0.1) is 16.6 Å². The summed E-state index contributed by atoms with van der Waals surface area (Å²) in [4.78, 5) is 25.6. The summed E-state index contributed by atoms with van der Waals surface area (Å²) in [5.74, 6) is -1.78. The van der Waals surface area contributed by atoms with E-state index in [1.165, 1.54) is 18.2 Å². The Hall–Kier alpha value is -1.95. The molecule has 1 aromatic rings. The van der Waals surface area contributed by atoms with Gasteiger partial charge in [-0.1, -0.05) is 26.8 Å². The zero-order chi connectivity index (χ0) is 18.5. The first kappa shape index (κ1) is 17.9. The highest BCUT2D eigenvalue weighted by atomic mass is 19.1. The molecule has 1 atom stereocenters. The minimum atomic E-state index is -1.60. The lowest BCUT2D eigenvalue weighted by Crippen LogP contribution is -2.61. The van der Waals surface area contributed by atoms with Crippen LogP contribution >= 0.6 is 0 Å². The summed E-state index contributed by atoms with van der Waals surface area (Å²) < 4.78 is 14.0. The first-order chi connectivity index (χ1) is 11.6. The standard InChI is InChI=1S/C19H25FN2O3/c1-17(2,3)19(16(24)25)14-5-4-13(20)10-12(14)11-18(15(23)22-19)6-8-21-9-7-18/h4-5,10,21H,6-9,11H2,1-3H3,(H,22,23)(H,24,25). The lowest BCUT2D eigenvalue weighted by Gasteiger charge is -2.43. The Bertz CT molecular complexity index is 720. The fraction of sp³-hybridized carbons (Fsp3) is 0.579. The van der Waals surface area contributed by atoms with E-state index in [0.717, 1.165) is 0 Å². The third-order valence-corrected chi connectivity index (χ3v) is 5.79. The molecule has 2 aliphatic rings. The number of halogens is 1. The zero-order valence-electron chi connectivity index (χ0n) is 14.9. The van der Waals surface area contributed by atoms with Gasteiger partial charge in [-0.05, 0) is 55.6 Å². The van der Waals surface area contributed by atoms with Crippen molar-refractivity contribution < 1.29 is 19.1 Å². The monoisotopic (exact) mass is 348 g/mol. The number of rotatable bonds is 1. The van der Waals surface area contributed by atoms with Crippen LogP contribution in [-0.2, 0) is 21.5 Å². The molecular formula is C19H25FN2O3. The van der Waals surface area contributed by atoms with E-state index in [1.54, 1.807) is 20.8 Å². The number of piperidine rings is 1. The van der Waals surface area contributed by atoms with Crippen molar-refractivity contribution in [2.24, 2.45) is 10.8 Å². The van der Waals surface area contributed by atoms with E-state index in [0.29, 0.717) is 43.5 Å². The van der Waals surface area contributed by atoms with Gasteiger partial charge in [0.05, 0.1) is 5.41 Å². The van der Waals surface area contributed by atoms with Crippen LogP contribution < -0.4 is 10.6 Å². The minimum Gasteiger partial charge on any atom is -0.479 e. The number of hydrogen-bond acceptors (Lipinski definition) is 3. The van der Waals surface area contributed by atoms with E-state index in [-0.39, 0.29) is 5.91 Å². The van der Waals surface area contributed by atoms with Crippen LogP contribution in [0.3, 0.4) is 0 Å². The molecule has 1 amide bonds. The van der Waals surface area contributed by atoms with Crippen LogP contribution in [0.4, 0.5) is 4.39 Å². The summed E-state index contributed by atoms with van der Waals surface area (Å²) in [6.07, 6.45) is 1.57. The van der Waals surface area contributed by atoms with Gasteiger partial charge in [-0.25, -0.2) is 9.18 Å². The van der Waals surface area contributed by atoms with Crippen molar-refractivity contribution in [3.63, 3.8) is 0 Å². The second-order valence-corrected chi connectivity index (χ2v) is 8.27. The molecule has 6 heteroatoms. The van der Waals surface area contributed by atoms with Gasteiger partial charge in [-0.15, -0.1) is 0 Å². The number of fused-ring (bicyclic) bond motifs is 1. The Morgan fingerprint density at radius 1 is 1.24 bits per heavy atom. The molecule has 0 saturated carbocycles. The van der Waals surface area contributed by atoms with Gasteiger partial charge in [-0.3, -0.25) is 4.79 Å². The van der Waals surface area contributed by atoms with Crippen molar-refractivity contribution in [2.45, 2.75) is 45.6 Å². The molecule has 3 N–H and O–H groups in total. The maximum atomic E-state index is 14.0. The van der Waals surface area contributed by atoms with Crippen molar-refractivity contribution >= 4 is 11.9 Å². The van der Waals surface area contributed by atoms with Crippen LogP contribution in [0.2, 0.25) is 0 Å². The maximum absolute atomic E-state index is 14.0. The smallest absolute Gasteiger partial charge is 0.334 e. The molecule has 2 aliphatic heterocycles. The van der Waals surface area contributed by atoms with Gasteiger partial charge in [0.25, 0.3) is 0 Å². The van der Waals surface area contributed by atoms with E-state index in [1.807, 2.05) is 0 Å². The third-order valence-electron chi connectivity index (χ3n) is 5.79. The maximum Gasteiger partial charge on any atom is 0.334 e. The molecule has 136 valence electrons. The number of carbonyl (C=O) groups excluding carboxylic acids is 1. The second-order valence-electron chi connectivity index (χ2n) is 8.27. The first-order valence-corrected chi connectivity index (χ1v) is 8.68. The zero-order valence-corrected chi connectivity index (χ0v) is 14.9. The molecule has 5 nitrogen and oxygen atoms in total. The Morgan fingerprint density at radius 3 is 2.44 bits per heavy atom. The predicted octanol–water partition coefficient (Wildman–Crippen LogP) is 2.19. The highest BCUT2D eigenvalue weighted by molar-refractivity contribution is 5.93. The molecule has 1 spiro atoms. The summed E-state index contributed by atoms with van der Waals surface area (Å²) in [5, 5.41) is 16.3. The Kier molecular flexibility index (Phi) is 4.14. The molecule has 1 saturated heterocycles. The van der Waals surface area contributed by atoms with Gasteiger partial charge in [0.15, 0.2) is 5.54 Å². The topological polar surface area (TPSA) is 78.4 Å². The Balaban J connectivity index is 2.27. The average molecular weight is 348 g/mol. The van der Waals surface area contributed by atoms with E-state index < -0.39 is 28.2 Å². The second kappa shape index (κ2) is 5.80. The molecule has 2 heterocycles. The lowest BCUT2D eigenvalue weighted by molar-refractivity contribution is -0.156. The number of aliphatic carboxylic acids is 1. The summed E-state index contributed by atoms with van der Waals surface area (Å²) >= 11 is 0. The Morgan fingerprint density at radius 2 is 1.88 bits per heavy atom. The van der Waals surface area contributed by atoms with Crippen molar-refractivity contribution in [3.05, 3.63) is 35.1 Å². The number of benzene rings is 1. The van der Waals surface area contributed by atoms with Crippen molar-refractivity contribution in [2.75, 3.05) is 13.1 Å². The van der Waals surface area contributed by atoms with Crippen LogP contribution in [-0.4, -0.2) is 30.1 Å². The Labute approximate surface area is 147 Å². The fourth-order valence-corrected chi connectivity index (χ4v) is 4.28. The average Bonchev–Trinajstić information content (AvgIpc) is 2.61. The van der Waals surface area contributed by atoms with Crippen LogP contribution in [0.5, 0.6) is 0 Å². The van der Waals surface area contributed by atoms with Gasteiger partial charge < -0.3 is 15.7 Å². The van der Waals surface area contributed by atoms with Gasteiger partial charge in [0, 0.05) is 5.41 Å². The highest BCUT2D eigenvalue weighted by Crippen LogP contribution is 2.47. The van der Waals surface area contributed by atoms with Crippen LogP contribution in [0.15, 0.2) is 18.2 Å². The SMILES string of the molecule is CC(C)(C)C1(C(=O)O)NC(=O)C2(CCNCC2)Cc2cc(F)ccc21. The van der Waals surface area contributed by atoms with Crippen LogP contribution in [0.1, 0.15) is 44.7 Å². The van der Waals surface area contributed by atoms with Crippen molar-refractivity contribution in [3.8, 4) is 0 Å². The van der Waals surface area contributed by atoms with E-state index in [2.05, 4.69) is 10.6 Å². The summed E-state index contributed by atoms with van der Waals surface area (Å²) in [5.41, 5.74) is -1.99. The number of carbonyl (C=O) groups is 2. The largest absolute Gasteiger partial charge is 0.479 e. The highest BCUT2D eigenvalue weighted by Gasteiger charge is 2.57. The first-order valence-electron chi connectivity index (χ1n) is 8.68. The number of nitrogens with one attached hydrogen (secondary N) is 2. The van der Waals surface area contributed by atoms with Gasteiger partial charge in [0.2, 0.25) is 5.91 Å². The molecular weight excluding hydrogens is 323 g/mol.